The molecule has 0 saturated carbocycles. The molecule has 0 spiro atoms. The number of hydrogen-bond donors (Lipinski definition) is 1. The normalized spacial score (nSPS) is 18.6. The fourth-order valence-electron chi connectivity index (χ4n) is 1.88. The first-order valence-electron chi connectivity index (χ1n) is 6.23. The summed E-state index contributed by atoms with van der Waals surface area (Å²) in [6.07, 6.45) is 0. The van der Waals surface area contributed by atoms with Gasteiger partial charge in [0.05, 0.1) is 13.2 Å². The average Bonchev–Trinajstić information content (AvgIpc) is 2.78. The minimum atomic E-state index is 0.367. The average molecular weight is 271 g/mol. The van der Waals surface area contributed by atoms with Crippen molar-refractivity contribution in [3.8, 4) is 0 Å². The lowest BCUT2D eigenvalue weighted by Gasteiger charge is -2.29. The molecule has 2 heterocycles. The molecule has 0 radical (unpaired) electrons. The van der Waals surface area contributed by atoms with E-state index in [0.29, 0.717) is 6.04 Å². The molecule has 18 heavy (non-hydrogen) atoms. The number of aromatic nitrogens is 2. The number of morpholine rings is 1. The van der Waals surface area contributed by atoms with E-state index < -0.39 is 0 Å². The summed E-state index contributed by atoms with van der Waals surface area (Å²) in [4.78, 5) is 8.74. The molecule has 1 aromatic heterocycles. The fourth-order valence-corrected chi connectivity index (χ4v) is 2.63. The molecule has 0 aromatic carbocycles. The summed E-state index contributed by atoms with van der Waals surface area (Å²) in [6, 6.07) is 0.367. The van der Waals surface area contributed by atoms with Gasteiger partial charge in [-0.3, -0.25) is 4.90 Å². The lowest BCUT2D eigenvalue weighted by Crippen LogP contribution is -2.42. The molecule has 102 valence electrons. The summed E-state index contributed by atoms with van der Waals surface area (Å²) in [5, 5.41) is 4.29. The van der Waals surface area contributed by atoms with E-state index in [-0.39, 0.29) is 0 Å². The van der Waals surface area contributed by atoms with E-state index in [1.165, 1.54) is 11.5 Å². The van der Waals surface area contributed by atoms with Gasteiger partial charge < -0.3 is 15.0 Å². The number of anilines is 2. The fraction of sp³-hybridized carbons (Fsp3) is 0.818. The first kappa shape index (κ1) is 13.5. The smallest absolute Gasteiger partial charge is 0.238 e. The molecule has 7 heteroatoms. The van der Waals surface area contributed by atoms with Crippen molar-refractivity contribution >= 4 is 22.6 Å². The Balaban J connectivity index is 1.80. The molecule has 0 bridgehead atoms. The quantitative estimate of drug-likeness (QED) is 0.852. The number of rotatable bonds is 5. The van der Waals surface area contributed by atoms with Crippen LogP contribution >= 0.6 is 11.5 Å². The highest BCUT2D eigenvalue weighted by molar-refractivity contribution is 7.09. The molecule has 1 aliphatic heterocycles. The van der Waals surface area contributed by atoms with Crippen LogP contribution in [-0.4, -0.2) is 67.2 Å². The van der Waals surface area contributed by atoms with Crippen LogP contribution in [0.2, 0.25) is 0 Å². The molecule has 1 N–H and O–H groups in total. The summed E-state index contributed by atoms with van der Waals surface area (Å²) in [6.45, 7) is 6.91. The van der Waals surface area contributed by atoms with E-state index in [1.54, 1.807) is 0 Å². The summed E-state index contributed by atoms with van der Waals surface area (Å²) in [7, 11) is 3.89. The molecule has 1 saturated heterocycles. The van der Waals surface area contributed by atoms with Gasteiger partial charge in [-0.25, -0.2) is 0 Å². The van der Waals surface area contributed by atoms with Crippen molar-refractivity contribution in [2.75, 3.05) is 57.2 Å². The Hall–Kier alpha value is -0.920. The first-order valence-corrected chi connectivity index (χ1v) is 7.00. The zero-order valence-electron chi connectivity index (χ0n) is 11.2. The van der Waals surface area contributed by atoms with Crippen LogP contribution in [0, 0.1) is 0 Å². The van der Waals surface area contributed by atoms with Crippen LogP contribution in [-0.2, 0) is 4.74 Å². The molecule has 1 aliphatic rings. The van der Waals surface area contributed by atoms with Gasteiger partial charge in [0.2, 0.25) is 11.1 Å². The summed E-state index contributed by atoms with van der Waals surface area (Å²) < 4.78 is 9.62. The van der Waals surface area contributed by atoms with Crippen molar-refractivity contribution in [2.24, 2.45) is 0 Å². The molecule has 1 aromatic rings. The van der Waals surface area contributed by atoms with Gasteiger partial charge in [0.15, 0.2) is 0 Å². The van der Waals surface area contributed by atoms with Gasteiger partial charge in [-0.1, -0.05) is 0 Å². The second-order valence-corrected chi connectivity index (χ2v) is 5.50. The maximum Gasteiger partial charge on any atom is 0.238 e. The van der Waals surface area contributed by atoms with Crippen LogP contribution in [0.4, 0.5) is 11.1 Å². The highest BCUT2D eigenvalue weighted by atomic mass is 32.1. The van der Waals surface area contributed by atoms with Crippen LogP contribution in [0.3, 0.4) is 0 Å². The molecule has 0 unspecified atom stereocenters. The molecular weight excluding hydrogens is 250 g/mol. The maximum atomic E-state index is 5.34. The third-order valence-electron chi connectivity index (χ3n) is 2.82. The van der Waals surface area contributed by atoms with E-state index in [1.807, 2.05) is 19.0 Å². The molecule has 1 atom stereocenters. The van der Waals surface area contributed by atoms with Gasteiger partial charge >= 0.3 is 0 Å². The number of hydrogen-bond acceptors (Lipinski definition) is 7. The van der Waals surface area contributed by atoms with Gasteiger partial charge in [-0.2, -0.15) is 9.36 Å². The molecule has 2 rings (SSSR count). The van der Waals surface area contributed by atoms with E-state index in [0.717, 1.165) is 43.9 Å². The first-order chi connectivity index (χ1) is 8.65. The van der Waals surface area contributed by atoms with Crippen molar-refractivity contribution < 1.29 is 4.74 Å². The minimum absolute atomic E-state index is 0.367. The summed E-state index contributed by atoms with van der Waals surface area (Å²) in [5.74, 6) is 0.765. The molecular formula is C11H21N5OS. The number of nitrogens with one attached hydrogen (secondary N) is 1. The Labute approximate surface area is 112 Å². The van der Waals surface area contributed by atoms with Crippen LogP contribution in [0.15, 0.2) is 0 Å². The van der Waals surface area contributed by atoms with E-state index >= 15 is 0 Å². The topological polar surface area (TPSA) is 53.5 Å². The zero-order valence-corrected chi connectivity index (χ0v) is 12.0. The second kappa shape index (κ2) is 6.31. The SMILES string of the molecule is C[C@H](CN1CCOCC1)Nc1nc(N(C)C)ns1. The lowest BCUT2D eigenvalue weighted by molar-refractivity contribution is 0.0368. The highest BCUT2D eigenvalue weighted by Crippen LogP contribution is 2.17. The third kappa shape index (κ3) is 3.79. The van der Waals surface area contributed by atoms with Crippen LogP contribution < -0.4 is 10.2 Å². The lowest BCUT2D eigenvalue weighted by atomic mass is 10.3. The Morgan fingerprint density at radius 1 is 1.44 bits per heavy atom. The van der Waals surface area contributed by atoms with Crippen LogP contribution in [0.25, 0.3) is 0 Å². The Bertz CT molecular complexity index is 364. The van der Waals surface area contributed by atoms with Gasteiger partial charge in [-0.15, -0.1) is 0 Å². The van der Waals surface area contributed by atoms with Gasteiger partial charge in [0.25, 0.3) is 0 Å². The monoisotopic (exact) mass is 271 g/mol. The molecule has 1 fully saturated rings. The maximum absolute atomic E-state index is 5.34. The van der Waals surface area contributed by atoms with Crippen molar-refractivity contribution in [2.45, 2.75) is 13.0 Å². The van der Waals surface area contributed by atoms with Gasteiger partial charge in [0.1, 0.15) is 0 Å². The van der Waals surface area contributed by atoms with E-state index in [9.17, 15) is 0 Å². The minimum Gasteiger partial charge on any atom is -0.379 e. The van der Waals surface area contributed by atoms with Crippen molar-refractivity contribution in [3.63, 3.8) is 0 Å². The predicted octanol–water partition coefficient (Wildman–Crippen LogP) is 0.737. The third-order valence-corrected chi connectivity index (χ3v) is 3.46. The number of nitrogens with zero attached hydrogens (tertiary/aromatic N) is 4. The molecule has 0 aliphatic carbocycles. The largest absolute Gasteiger partial charge is 0.379 e. The van der Waals surface area contributed by atoms with E-state index in [2.05, 4.69) is 26.5 Å². The Morgan fingerprint density at radius 2 is 2.17 bits per heavy atom. The van der Waals surface area contributed by atoms with Crippen molar-refractivity contribution in [1.29, 1.82) is 0 Å². The van der Waals surface area contributed by atoms with Gasteiger partial charge in [0, 0.05) is 51.3 Å². The zero-order chi connectivity index (χ0) is 13.0. The summed E-state index contributed by atoms with van der Waals surface area (Å²) in [5.41, 5.74) is 0. The Morgan fingerprint density at radius 3 is 2.78 bits per heavy atom. The van der Waals surface area contributed by atoms with Crippen molar-refractivity contribution in [1.82, 2.24) is 14.3 Å². The van der Waals surface area contributed by atoms with Crippen LogP contribution in [0.5, 0.6) is 0 Å². The van der Waals surface area contributed by atoms with E-state index in [4.69, 9.17) is 4.74 Å². The highest BCUT2D eigenvalue weighted by Gasteiger charge is 2.15. The standard InChI is InChI=1S/C11H21N5OS/c1-9(8-16-4-6-17-7-5-16)12-11-13-10(14-18-11)15(2)3/h9H,4-8H2,1-3H3,(H,12,13,14)/t9-/m1/s1. The van der Waals surface area contributed by atoms with Gasteiger partial charge in [-0.05, 0) is 6.92 Å². The second-order valence-electron chi connectivity index (χ2n) is 4.75. The van der Waals surface area contributed by atoms with Crippen molar-refractivity contribution in [3.05, 3.63) is 0 Å². The number of ether oxygens (including phenoxy) is 1. The van der Waals surface area contributed by atoms with Crippen LogP contribution in [0.1, 0.15) is 6.92 Å². The molecule has 0 amide bonds. The molecule has 6 nitrogen and oxygen atoms in total. The Kier molecular flexibility index (Phi) is 4.73. The summed E-state index contributed by atoms with van der Waals surface area (Å²) >= 11 is 1.41. The predicted molar refractivity (Wildman–Crippen MR) is 74.6 cm³/mol.